The molecule has 4 nitrogen and oxygen atoms in total. The Morgan fingerprint density at radius 2 is 2.41 bits per heavy atom. The van der Waals surface area contributed by atoms with Crippen LogP contribution in [0.3, 0.4) is 0 Å². The van der Waals surface area contributed by atoms with Gasteiger partial charge in [0.25, 0.3) is 0 Å². The van der Waals surface area contributed by atoms with Crippen molar-refractivity contribution in [1.82, 2.24) is 9.88 Å². The molecule has 1 aromatic rings. The van der Waals surface area contributed by atoms with E-state index >= 15 is 0 Å². The Balaban J connectivity index is 1.97. The van der Waals surface area contributed by atoms with Gasteiger partial charge < -0.3 is 16.0 Å². The summed E-state index contributed by atoms with van der Waals surface area (Å²) in [5.41, 5.74) is 7.61. The summed E-state index contributed by atoms with van der Waals surface area (Å²) in [6.07, 6.45) is 4.22. The molecule has 2 rings (SSSR count). The largest absolute Gasteiger partial charge is 0.397 e. The minimum atomic E-state index is 0.513. The molecule has 0 amide bonds. The molecule has 0 aromatic carbocycles. The molecule has 94 valence electrons. The maximum atomic E-state index is 5.77. The number of hydrogen-bond donors (Lipinski definition) is 2. The molecule has 1 aliphatic rings. The van der Waals surface area contributed by atoms with E-state index < -0.39 is 0 Å². The SMILES string of the molecule is CCN1CCCC(Nc2cc(C)c(N)cn2)C1. The lowest BCUT2D eigenvalue weighted by atomic mass is 10.1. The van der Waals surface area contributed by atoms with E-state index in [1.807, 2.05) is 13.0 Å². The normalized spacial score (nSPS) is 21.4. The zero-order valence-corrected chi connectivity index (χ0v) is 10.7. The molecule has 3 N–H and O–H groups in total. The lowest BCUT2D eigenvalue weighted by Crippen LogP contribution is -2.41. The van der Waals surface area contributed by atoms with Crippen molar-refractivity contribution in [3.05, 3.63) is 17.8 Å². The van der Waals surface area contributed by atoms with Gasteiger partial charge in [-0.25, -0.2) is 4.98 Å². The molecule has 0 spiro atoms. The molecular formula is C13H22N4. The van der Waals surface area contributed by atoms with Crippen molar-refractivity contribution in [2.45, 2.75) is 32.7 Å². The molecule has 1 fully saturated rings. The molecule has 0 bridgehead atoms. The van der Waals surface area contributed by atoms with Crippen LogP contribution in [0.1, 0.15) is 25.3 Å². The fourth-order valence-electron chi connectivity index (χ4n) is 2.32. The van der Waals surface area contributed by atoms with Crippen molar-refractivity contribution in [2.24, 2.45) is 0 Å². The van der Waals surface area contributed by atoms with Gasteiger partial charge in [0.05, 0.1) is 11.9 Å². The van der Waals surface area contributed by atoms with Gasteiger partial charge in [-0.1, -0.05) is 6.92 Å². The van der Waals surface area contributed by atoms with Crippen LogP contribution in [0.5, 0.6) is 0 Å². The van der Waals surface area contributed by atoms with Crippen molar-refractivity contribution in [3.8, 4) is 0 Å². The van der Waals surface area contributed by atoms with Crippen LogP contribution in [-0.4, -0.2) is 35.6 Å². The highest BCUT2D eigenvalue weighted by Crippen LogP contribution is 2.17. The van der Waals surface area contributed by atoms with E-state index in [0.717, 1.165) is 30.2 Å². The zero-order valence-electron chi connectivity index (χ0n) is 10.7. The first kappa shape index (κ1) is 12.2. The third-order valence-corrected chi connectivity index (χ3v) is 3.46. The Morgan fingerprint density at radius 3 is 3.12 bits per heavy atom. The predicted octanol–water partition coefficient (Wildman–Crippen LogP) is 1.87. The Bertz CT molecular complexity index is 378. The van der Waals surface area contributed by atoms with Crippen LogP contribution < -0.4 is 11.1 Å². The number of aromatic nitrogens is 1. The summed E-state index contributed by atoms with van der Waals surface area (Å²) in [6, 6.07) is 2.54. The lowest BCUT2D eigenvalue weighted by molar-refractivity contribution is 0.226. The molecule has 17 heavy (non-hydrogen) atoms. The van der Waals surface area contributed by atoms with E-state index in [0.29, 0.717) is 6.04 Å². The van der Waals surface area contributed by atoms with Crippen molar-refractivity contribution in [3.63, 3.8) is 0 Å². The summed E-state index contributed by atoms with van der Waals surface area (Å²) in [4.78, 5) is 6.81. The third-order valence-electron chi connectivity index (χ3n) is 3.46. The molecular weight excluding hydrogens is 212 g/mol. The number of aryl methyl sites for hydroxylation is 1. The number of piperidine rings is 1. The molecule has 1 atom stereocenters. The summed E-state index contributed by atoms with van der Waals surface area (Å²) >= 11 is 0. The predicted molar refractivity (Wildman–Crippen MR) is 72.1 cm³/mol. The first-order valence-corrected chi connectivity index (χ1v) is 6.40. The number of hydrogen-bond acceptors (Lipinski definition) is 4. The maximum absolute atomic E-state index is 5.77. The summed E-state index contributed by atoms with van der Waals surface area (Å²) in [5.74, 6) is 0.944. The molecule has 2 heterocycles. The number of nitrogens with zero attached hydrogens (tertiary/aromatic N) is 2. The molecule has 0 saturated carbocycles. The van der Waals surface area contributed by atoms with Crippen LogP contribution in [0.2, 0.25) is 0 Å². The van der Waals surface area contributed by atoms with Gasteiger partial charge in [-0.3, -0.25) is 0 Å². The van der Waals surface area contributed by atoms with E-state index in [1.54, 1.807) is 6.20 Å². The Morgan fingerprint density at radius 1 is 1.59 bits per heavy atom. The summed E-state index contributed by atoms with van der Waals surface area (Å²) in [7, 11) is 0. The number of anilines is 2. The molecule has 0 aliphatic carbocycles. The fraction of sp³-hybridized carbons (Fsp3) is 0.615. The van der Waals surface area contributed by atoms with Gasteiger partial charge in [-0.2, -0.15) is 0 Å². The highest BCUT2D eigenvalue weighted by atomic mass is 15.2. The smallest absolute Gasteiger partial charge is 0.126 e. The standard InChI is InChI=1S/C13H22N4/c1-3-17-6-4-5-11(9-17)16-13-7-10(2)12(14)8-15-13/h7-8,11H,3-6,9,14H2,1-2H3,(H,15,16). The number of nitrogen functional groups attached to an aromatic ring is 1. The van der Waals surface area contributed by atoms with Gasteiger partial charge in [0.1, 0.15) is 5.82 Å². The quantitative estimate of drug-likeness (QED) is 0.838. The number of likely N-dealkylation sites (tertiary alicyclic amines) is 1. The molecule has 0 radical (unpaired) electrons. The van der Waals surface area contributed by atoms with Crippen molar-refractivity contribution in [1.29, 1.82) is 0 Å². The average molecular weight is 234 g/mol. The van der Waals surface area contributed by atoms with Crippen molar-refractivity contribution in [2.75, 3.05) is 30.7 Å². The van der Waals surface area contributed by atoms with Crippen molar-refractivity contribution < 1.29 is 0 Å². The maximum Gasteiger partial charge on any atom is 0.126 e. The zero-order chi connectivity index (χ0) is 12.3. The average Bonchev–Trinajstić information content (AvgIpc) is 2.34. The summed E-state index contributed by atoms with van der Waals surface area (Å²) in [6.45, 7) is 7.70. The Kier molecular flexibility index (Phi) is 3.84. The minimum absolute atomic E-state index is 0.513. The molecule has 4 heteroatoms. The van der Waals surface area contributed by atoms with Gasteiger partial charge in [0.15, 0.2) is 0 Å². The summed E-state index contributed by atoms with van der Waals surface area (Å²) in [5, 5.41) is 3.50. The summed E-state index contributed by atoms with van der Waals surface area (Å²) < 4.78 is 0. The number of likely N-dealkylation sites (N-methyl/N-ethyl adjacent to an activating group) is 1. The van der Waals surface area contributed by atoms with E-state index in [9.17, 15) is 0 Å². The third kappa shape index (κ3) is 3.09. The van der Waals surface area contributed by atoms with Gasteiger partial charge in [-0.05, 0) is 44.5 Å². The van der Waals surface area contributed by atoms with Crippen LogP contribution in [0.25, 0.3) is 0 Å². The number of nitrogens with two attached hydrogens (primary N) is 1. The van der Waals surface area contributed by atoms with E-state index in [1.165, 1.54) is 19.4 Å². The van der Waals surface area contributed by atoms with Crippen LogP contribution in [-0.2, 0) is 0 Å². The van der Waals surface area contributed by atoms with Crippen LogP contribution in [0, 0.1) is 6.92 Å². The van der Waals surface area contributed by atoms with Gasteiger partial charge >= 0.3 is 0 Å². The number of pyridine rings is 1. The second-order valence-corrected chi connectivity index (χ2v) is 4.80. The Hall–Kier alpha value is -1.29. The van der Waals surface area contributed by atoms with Crippen molar-refractivity contribution >= 4 is 11.5 Å². The molecule has 1 aliphatic heterocycles. The first-order valence-electron chi connectivity index (χ1n) is 6.40. The molecule has 1 unspecified atom stereocenters. The fourth-order valence-corrected chi connectivity index (χ4v) is 2.32. The van der Waals surface area contributed by atoms with Gasteiger partial charge in [0, 0.05) is 12.6 Å². The second-order valence-electron chi connectivity index (χ2n) is 4.80. The number of nitrogens with one attached hydrogen (secondary N) is 1. The van der Waals surface area contributed by atoms with E-state index in [-0.39, 0.29) is 0 Å². The monoisotopic (exact) mass is 234 g/mol. The number of rotatable bonds is 3. The van der Waals surface area contributed by atoms with Crippen LogP contribution in [0.4, 0.5) is 11.5 Å². The topological polar surface area (TPSA) is 54.2 Å². The highest BCUT2D eigenvalue weighted by Gasteiger charge is 2.18. The van der Waals surface area contributed by atoms with Gasteiger partial charge in [0.2, 0.25) is 0 Å². The van der Waals surface area contributed by atoms with E-state index in [4.69, 9.17) is 5.73 Å². The minimum Gasteiger partial charge on any atom is -0.397 e. The van der Waals surface area contributed by atoms with E-state index in [2.05, 4.69) is 22.1 Å². The second kappa shape index (κ2) is 5.36. The van der Waals surface area contributed by atoms with Crippen LogP contribution in [0.15, 0.2) is 12.3 Å². The first-order chi connectivity index (χ1) is 8.19. The lowest BCUT2D eigenvalue weighted by Gasteiger charge is -2.32. The molecule has 1 saturated heterocycles. The van der Waals surface area contributed by atoms with Crippen LogP contribution >= 0.6 is 0 Å². The molecule has 1 aromatic heterocycles. The highest BCUT2D eigenvalue weighted by molar-refractivity contribution is 5.51. The Labute approximate surface area is 103 Å². The van der Waals surface area contributed by atoms with Gasteiger partial charge in [-0.15, -0.1) is 0 Å².